The molecule has 0 radical (unpaired) electrons. The molecule has 1 N–H and O–H groups in total. The Bertz CT molecular complexity index is 781. The van der Waals surface area contributed by atoms with Crippen LogP contribution in [0, 0.1) is 5.82 Å². The van der Waals surface area contributed by atoms with Crippen molar-refractivity contribution in [2.75, 3.05) is 13.2 Å². The van der Waals surface area contributed by atoms with Gasteiger partial charge in [-0.2, -0.15) is 0 Å². The average molecular weight is 451 g/mol. The minimum atomic E-state index is -0.633. The summed E-state index contributed by atoms with van der Waals surface area (Å²) in [6.45, 7) is 4.15. The first-order valence-electron chi connectivity index (χ1n) is 9.14. The maximum atomic E-state index is 13.2. The fourth-order valence-electron chi connectivity index (χ4n) is 2.76. The Hall–Kier alpha value is -2.41. The van der Waals surface area contributed by atoms with E-state index in [9.17, 15) is 14.0 Å². The quantitative estimate of drug-likeness (QED) is 0.629. The highest BCUT2D eigenvalue weighted by Crippen LogP contribution is 2.17. The molecule has 5 nitrogen and oxygen atoms in total. The largest absolute Gasteiger partial charge is 0.484 e. The molecule has 28 heavy (non-hydrogen) atoms. The molecule has 2 aromatic rings. The molecule has 7 heteroatoms. The van der Waals surface area contributed by atoms with Gasteiger partial charge in [0.15, 0.2) is 6.61 Å². The van der Waals surface area contributed by atoms with Gasteiger partial charge in [-0.25, -0.2) is 4.39 Å². The minimum Gasteiger partial charge on any atom is -0.484 e. The van der Waals surface area contributed by atoms with E-state index in [0.717, 1.165) is 10.0 Å². The summed E-state index contributed by atoms with van der Waals surface area (Å²) in [4.78, 5) is 26.8. The van der Waals surface area contributed by atoms with Gasteiger partial charge >= 0.3 is 0 Å². The molecular formula is C21H24BrFN2O3. The van der Waals surface area contributed by atoms with Gasteiger partial charge in [-0.3, -0.25) is 9.59 Å². The third kappa shape index (κ3) is 6.34. The molecule has 0 bridgehead atoms. The summed E-state index contributed by atoms with van der Waals surface area (Å²) in [5, 5.41) is 2.77. The maximum absolute atomic E-state index is 13.2. The fourth-order valence-corrected chi connectivity index (χ4v) is 3.02. The number of ether oxygens (including phenoxy) is 1. The molecule has 0 heterocycles. The van der Waals surface area contributed by atoms with Crippen LogP contribution in [-0.4, -0.2) is 35.9 Å². The van der Waals surface area contributed by atoms with Gasteiger partial charge in [0.05, 0.1) is 0 Å². The molecule has 2 amide bonds. The van der Waals surface area contributed by atoms with E-state index >= 15 is 0 Å². The Balaban J connectivity index is 2.16. The smallest absolute Gasteiger partial charge is 0.261 e. The molecule has 150 valence electrons. The first-order valence-corrected chi connectivity index (χ1v) is 9.93. The van der Waals surface area contributed by atoms with E-state index < -0.39 is 6.04 Å². The minimum absolute atomic E-state index is 0.193. The van der Waals surface area contributed by atoms with Crippen LogP contribution in [0.15, 0.2) is 53.0 Å². The third-order valence-electron chi connectivity index (χ3n) is 4.18. The number of likely N-dealkylation sites (N-methyl/N-ethyl adjacent to an activating group) is 1. The molecule has 0 aliphatic rings. The van der Waals surface area contributed by atoms with Gasteiger partial charge in [0.1, 0.15) is 17.6 Å². The number of carbonyl (C=O) groups excluding carboxylic acids is 2. The second-order valence-corrected chi connectivity index (χ2v) is 7.13. The highest BCUT2D eigenvalue weighted by atomic mass is 79.9. The van der Waals surface area contributed by atoms with Crippen molar-refractivity contribution in [2.24, 2.45) is 0 Å². The summed E-state index contributed by atoms with van der Waals surface area (Å²) in [7, 11) is 0. The van der Waals surface area contributed by atoms with Crippen LogP contribution in [-0.2, 0) is 16.1 Å². The topological polar surface area (TPSA) is 58.6 Å². The predicted octanol–water partition coefficient (Wildman–Crippen LogP) is 3.91. The van der Waals surface area contributed by atoms with Crippen molar-refractivity contribution in [3.8, 4) is 5.75 Å². The van der Waals surface area contributed by atoms with E-state index in [2.05, 4.69) is 21.2 Å². The standard InChI is InChI=1S/C21H24BrFN2O3/c1-3-19(21(27)24-4-2)25(13-15-5-9-17(23)10-6-15)20(26)14-28-18-11-7-16(22)8-12-18/h5-12,19H,3-4,13-14H2,1-2H3,(H,24,27)/t19-/m1/s1. The number of halogens is 2. The first kappa shape index (κ1) is 21.9. The van der Waals surface area contributed by atoms with Crippen LogP contribution in [0.3, 0.4) is 0 Å². The van der Waals surface area contributed by atoms with Crippen molar-refractivity contribution >= 4 is 27.7 Å². The molecule has 0 aromatic heterocycles. The number of hydrogen-bond acceptors (Lipinski definition) is 3. The highest BCUT2D eigenvalue weighted by Gasteiger charge is 2.28. The molecule has 0 saturated heterocycles. The molecule has 0 saturated carbocycles. The SMILES string of the molecule is CCNC(=O)[C@@H](CC)N(Cc1ccc(F)cc1)C(=O)COc1ccc(Br)cc1. The lowest BCUT2D eigenvalue weighted by molar-refractivity contribution is -0.142. The van der Waals surface area contributed by atoms with Crippen LogP contribution < -0.4 is 10.1 Å². The molecule has 2 aromatic carbocycles. The van der Waals surface area contributed by atoms with Gasteiger partial charge in [-0.05, 0) is 55.3 Å². The van der Waals surface area contributed by atoms with Crippen molar-refractivity contribution in [3.63, 3.8) is 0 Å². The lowest BCUT2D eigenvalue weighted by Crippen LogP contribution is -2.50. The molecule has 0 unspecified atom stereocenters. The zero-order chi connectivity index (χ0) is 20.5. The van der Waals surface area contributed by atoms with Gasteiger partial charge in [-0.15, -0.1) is 0 Å². The highest BCUT2D eigenvalue weighted by molar-refractivity contribution is 9.10. The summed E-state index contributed by atoms with van der Waals surface area (Å²) in [5.41, 5.74) is 0.737. The lowest BCUT2D eigenvalue weighted by Gasteiger charge is -2.30. The van der Waals surface area contributed by atoms with Crippen LogP contribution >= 0.6 is 15.9 Å². The molecule has 0 spiro atoms. The van der Waals surface area contributed by atoms with Crippen LogP contribution in [0.1, 0.15) is 25.8 Å². The fraction of sp³-hybridized carbons (Fsp3) is 0.333. The van der Waals surface area contributed by atoms with Gasteiger partial charge in [0, 0.05) is 17.6 Å². The van der Waals surface area contributed by atoms with Crippen molar-refractivity contribution in [2.45, 2.75) is 32.9 Å². The zero-order valence-corrected chi connectivity index (χ0v) is 17.5. The summed E-state index contributed by atoms with van der Waals surface area (Å²) in [6.07, 6.45) is 0.455. The molecular weight excluding hydrogens is 427 g/mol. The van der Waals surface area contributed by atoms with Crippen molar-refractivity contribution in [3.05, 3.63) is 64.4 Å². The Morgan fingerprint density at radius 2 is 1.75 bits per heavy atom. The summed E-state index contributed by atoms with van der Waals surface area (Å²) in [6, 6.07) is 12.4. The molecule has 0 aliphatic heterocycles. The number of carbonyl (C=O) groups is 2. The molecule has 1 atom stereocenters. The Kier molecular flexibility index (Phi) is 8.44. The van der Waals surface area contributed by atoms with Crippen LogP contribution in [0.2, 0.25) is 0 Å². The summed E-state index contributed by atoms with van der Waals surface area (Å²) < 4.78 is 19.7. The van der Waals surface area contributed by atoms with Crippen LogP contribution in [0.4, 0.5) is 4.39 Å². The summed E-state index contributed by atoms with van der Waals surface area (Å²) >= 11 is 3.35. The Morgan fingerprint density at radius 3 is 2.32 bits per heavy atom. The first-order chi connectivity index (χ1) is 13.4. The van der Waals surface area contributed by atoms with E-state index in [4.69, 9.17) is 4.74 Å². The van der Waals surface area contributed by atoms with Crippen LogP contribution in [0.5, 0.6) is 5.75 Å². The van der Waals surface area contributed by atoms with E-state index in [0.29, 0.717) is 18.7 Å². The number of rotatable bonds is 9. The lowest BCUT2D eigenvalue weighted by atomic mass is 10.1. The normalized spacial score (nSPS) is 11.6. The number of amides is 2. The van der Waals surface area contributed by atoms with Gasteiger partial charge in [0.2, 0.25) is 5.91 Å². The average Bonchev–Trinajstić information content (AvgIpc) is 2.69. The zero-order valence-electron chi connectivity index (χ0n) is 16.0. The van der Waals surface area contributed by atoms with Crippen LogP contribution in [0.25, 0.3) is 0 Å². The second-order valence-electron chi connectivity index (χ2n) is 6.21. The number of nitrogens with zero attached hydrogens (tertiary/aromatic N) is 1. The second kappa shape index (κ2) is 10.8. The van der Waals surface area contributed by atoms with E-state index in [1.54, 1.807) is 24.3 Å². The monoisotopic (exact) mass is 450 g/mol. The molecule has 0 fully saturated rings. The number of benzene rings is 2. The van der Waals surface area contributed by atoms with E-state index in [1.807, 2.05) is 26.0 Å². The Labute approximate surface area is 173 Å². The summed E-state index contributed by atoms with van der Waals surface area (Å²) in [5.74, 6) is -0.324. The Morgan fingerprint density at radius 1 is 1.11 bits per heavy atom. The third-order valence-corrected chi connectivity index (χ3v) is 4.71. The van der Waals surface area contributed by atoms with Crippen molar-refractivity contribution in [1.82, 2.24) is 10.2 Å². The van der Waals surface area contributed by atoms with Gasteiger partial charge in [0.25, 0.3) is 5.91 Å². The maximum Gasteiger partial charge on any atom is 0.261 e. The van der Waals surface area contributed by atoms with Gasteiger partial charge < -0.3 is 15.0 Å². The van der Waals surface area contributed by atoms with Gasteiger partial charge in [-0.1, -0.05) is 35.0 Å². The molecule has 0 aliphatic carbocycles. The van der Waals surface area contributed by atoms with Crippen molar-refractivity contribution < 1.29 is 18.7 Å². The number of nitrogens with one attached hydrogen (secondary N) is 1. The number of hydrogen-bond donors (Lipinski definition) is 1. The molecule has 2 rings (SSSR count). The predicted molar refractivity (Wildman–Crippen MR) is 109 cm³/mol. The van der Waals surface area contributed by atoms with Crippen molar-refractivity contribution in [1.29, 1.82) is 0 Å². The van der Waals surface area contributed by atoms with E-state index in [1.165, 1.54) is 17.0 Å². The van der Waals surface area contributed by atoms with E-state index in [-0.39, 0.29) is 30.8 Å².